The lowest BCUT2D eigenvalue weighted by Gasteiger charge is -2.24. The molecular formula is C16H12Cl2N2O4. The van der Waals surface area contributed by atoms with Crippen LogP contribution in [-0.4, -0.2) is 29.9 Å². The minimum atomic E-state index is -0.825. The molecule has 1 aliphatic heterocycles. The second-order valence-electron chi connectivity index (χ2n) is 4.92. The number of hydrogen-bond acceptors (Lipinski definition) is 5. The molecule has 2 aromatic rings. The number of nitrogens with zero attached hydrogens (tertiary/aromatic N) is 1. The first kappa shape index (κ1) is 16.4. The monoisotopic (exact) mass is 366 g/mol. The Hall–Kier alpha value is -2.44. The van der Waals surface area contributed by atoms with E-state index < -0.39 is 12.0 Å². The maximum atomic E-state index is 12.1. The van der Waals surface area contributed by atoms with Gasteiger partial charge < -0.3 is 14.6 Å². The summed E-state index contributed by atoms with van der Waals surface area (Å²) in [5.41, 5.74) is 2.60. The molecular weight excluding hydrogens is 355 g/mol. The normalized spacial score (nSPS) is 16.2. The van der Waals surface area contributed by atoms with Gasteiger partial charge in [-0.1, -0.05) is 35.3 Å². The SMILES string of the molecule is O=C(N/N=C/c1cc(Cl)cc(Cl)c1O)C1COc2ccccc2O1. The number of para-hydroxylation sites is 2. The van der Waals surface area contributed by atoms with Crippen LogP contribution >= 0.6 is 23.2 Å². The van der Waals surface area contributed by atoms with Gasteiger partial charge in [0, 0.05) is 10.6 Å². The topological polar surface area (TPSA) is 80.2 Å². The predicted octanol–water partition coefficient (Wildman–Crippen LogP) is 2.99. The molecule has 24 heavy (non-hydrogen) atoms. The van der Waals surface area contributed by atoms with Crippen LogP contribution < -0.4 is 14.9 Å². The number of aromatic hydroxyl groups is 1. The first-order valence-corrected chi connectivity index (χ1v) is 7.69. The second-order valence-corrected chi connectivity index (χ2v) is 5.77. The molecule has 0 spiro atoms. The number of nitrogens with one attached hydrogen (secondary N) is 1. The van der Waals surface area contributed by atoms with Crippen molar-refractivity contribution in [3.63, 3.8) is 0 Å². The zero-order valence-corrected chi connectivity index (χ0v) is 13.7. The van der Waals surface area contributed by atoms with E-state index in [-0.39, 0.29) is 22.9 Å². The summed E-state index contributed by atoms with van der Waals surface area (Å²) in [6, 6.07) is 9.94. The van der Waals surface area contributed by atoms with Gasteiger partial charge in [-0.25, -0.2) is 5.43 Å². The number of rotatable bonds is 3. The number of amides is 1. The van der Waals surface area contributed by atoms with E-state index in [4.69, 9.17) is 32.7 Å². The molecule has 0 saturated carbocycles. The summed E-state index contributed by atoms with van der Waals surface area (Å²) in [5.74, 6) is 0.425. The molecule has 1 atom stereocenters. The first-order valence-electron chi connectivity index (χ1n) is 6.94. The zero-order valence-electron chi connectivity index (χ0n) is 12.2. The summed E-state index contributed by atoms with van der Waals surface area (Å²) in [4.78, 5) is 12.1. The number of fused-ring (bicyclic) bond motifs is 1. The van der Waals surface area contributed by atoms with Gasteiger partial charge in [-0.2, -0.15) is 5.10 Å². The van der Waals surface area contributed by atoms with E-state index in [0.717, 1.165) is 0 Å². The van der Waals surface area contributed by atoms with Gasteiger partial charge in [-0.3, -0.25) is 4.79 Å². The Morgan fingerprint density at radius 3 is 2.83 bits per heavy atom. The molecule has 2 aromatic carbocycles. The van der Waals surface area contributed by atoms with Gasteiger partial charge in [-0.05, 0) is 24.3 Å². The lowest BCUT2D eigenvalue weighted by Crippen LogP contribution is -2.42. The fourth-order valence-electron chi connectivity index (χ4n) is 2.07. The summed E-state index contributed by atoms with van der Waals surface area (Å²) in [6.07, 6.45) is 0.413. The Morgan fingerprint density at radius 2 is 2.04 bits per heavy atom. The number of halogens is 2. The Balaban J connectivity index is 1.64. The molecule has 124 valence electrons. The third kappa shape index (κ3) is 3.55. The highest BCUT2D eigenvalue weighted by Crippen LogP contribution is 2.31. The Labute approximate surface area is 147 Å². The van der Waals surface area contributed by atoms with Crippen LogP contribution in [0.4, 0.5) is 0 Å². The van der Waals surface area contributed by atoms with E-state index >= 15 is 0 Å². The van der Waals surface area contributed by atoms with Crippen LogP contribution in [0.2, 0.25) is 10.0 Å². The molecule has 8 heteroatoms. The lowest BCUT2D eigenvalue weighted by molar-refractivity contribution is -0.130. The van der Waals surface area contributed by atoms with Crippen molar-refractivity contribution < 1.29 is 19.4 Å². The number of hydrazone groups is 1. The first-order chi connectivity index (χ1) is 11.5. The van der Waals surface area contributed by atoms with Crippen molar-refractivity contribution in [2.45, 2.75) is 6.10 Å². The molecule has 0 bridgehead atoms. The lowest BCUT2D eigenvalue weighted by atomic mass is 10.2. The van der Waals surface area contributed by atoms with Crippen LogP contribution in [0, 0.1) is 0 Å². The van der Waals surface area contributed by atoms with E-state index in [1.54, 1.807) is 18.2 Å². The van der Waals surface area contributed by atoms with Crippen molar-refractivity contribution in [3.8, 4) is 17.2 Å². The van der Waals surface area contributed by atoms with Crippen LogP contribution in [-0.2, 0) is 4.79 Å². The van der Waals surface area contributed by atoms with Crippen LogP contribution in [0.5, 0.6) is 17.2 Å². The van der Waals surface area contributed by atoms with Crippen molar-refractivity contribution in [3.05, 3.63) is 52.0 Å². The quantitative estimate of drug-likeness (QED) is 0.646. The predicted molar refractivity (Wildman–Crippen MR) is 90.2 cm³/mol. The van der Waals surface area contributed by atoms with Crippen LogP contribution in [0.3, 0.4) is 0 Å². The Bertz CT molecular complexity index is 811. The zero-order chi connectivity index (χ0) is 17.1. The summed E-state index contributed by atoms with van der Waals surface area (Å²) in [7, 11) is 0. The average molecular weight is 367 g/mol. The van der Waals surface area contributed by atoms with Crippen molar-refractivity contribution >= 4 is 35.3 Å². The van der Waals surface area contributed by atoms with Gasteiger partial charge in [0.05, 0.1) is 11.2 Å². The van der Waals surface area contributed by atoms with E-state index in [1.165, 1.54) is 18.3 Å². The van der Waals surface area contributed by atoms with E-state index in [2.05, 4.69) is 10.5 Å². The molecule has 6 nitrogen and oxygen atoms in total. The minimum Gasteiger partial charge on any atom is -0.506 e. The summed E-state index contributed by atoms with van der Waals surface area (Å²) < 4.78 is 11.0. The fourth-order valence-corrected chi connectivity index (χ4v) is 2.58. The fraction of sp³-hybridized carbons (Fsp3) is 0.125. The molecule has 3 rings (SSSR count). The maximum Gasteiger partial charge on any atom is 0.284 e. The van der Waals surface area contributed by atoms with E-state index in [1.807, 2.05) is 6.07 Å². The largest absolute Gasteiger partial charge is 0.506 e. The number of hydrogen-bond donors (Lipinski definition) is 2. The van der Waals surface area contributed by atoms with E-state index in [9.17, 15) is 9.90 Å². The van der Waals surface area contributed by atoms with Crippen LogP contribution in [0.25, 0.3) is 0 Å². The highest BCUT2D eigenvalue weighted by molar-refractivity contribution is 6.36. The summed E-state index contributed by atoms with van der Waals surface area (Å²) in [6.45, 7) is 0.0760. The number of phenols is 1. The molecule has 0 aromatic heterocycles. The van der Waals surface area contributed by atoms with Crippen molar-refractivity contribution in [2.24, 2.45) is 5.10 Å². The third-order valence-corrected chi connectivity index (χ3v) is 3.74. The molecule has 0 saturated heterocycles. The number of carbonyl (C=O) groups excluding carboxylic acids is 1. The molecule has 2 N–H and O–H groups in total. The molecule has 0 fully saturated rings. The van der Waals surface area contributed by atoms with E-state index in [0.29, 0.717) is 16.5 Å². The Kier molecular flexibility index (Phi) is 4.78. The average Bonchev–Trinajstić information content (AvgIpc) is 2.58. The molecule has 0 radical (unpaired) electrons. The number of ether oxygens (including phenoxy) is 2. The highest BCUT2D eigenvalue weighted by Gasteiger charge is 2.27. The van der Waals surface area contributed by atoms with Crippen molar-refractivity contribution in [2.75, 3.05) is 6.61 Å². The third-order valence-electron chi connectivity index (χ3n) is 3.24. The highest BCUT2D eigenvalue weighted by atomic mass is 35.5. The second kappa shape index (κ2) is 6.98. The van der Waals surface area contributed by atoms with Crippen LogP contribution in [0.15, 0.2) is 41.5 Å². The maximum absolute atomic E-state index is 12.1. The van der Waals surface area contributed by atoms with Gasteiger partial charge in [-0.15, -0.1) is 0 Å². The molecule has 1 heterocycles. The minimum absolute atomic E-state index is 0.0760. The van der Waals surface area contributed by atoms with Gasteiger partial charge in [0.1, 0.15) is 12.4 Å². The summed E-state index contributed by atoms with van der Waals surface area (Å²) >= 11 is 11.7. The molecule has 0 aliphatic carbocycles. The Morgan fingerprint density at radius 1 is 1.29 bits per heavy atom. The smallest absolute Gasteiger partial charge is 0.284 e. The number of phenolic OH excluding ortho intramolecular Hbond substituents is 1. The van der Waals surface area contributed by atoms with Gasteiger partial charge in [0.25, 0.3) is 5.91 Å². The van der Waals surface area contributed by atoms with Gasteiger partial charge in [0.15, 0.2) is 11.5 Å². The number of benzene rings is 2. The van der Waals surface area contributed by atoms with Gasteiger partial charge >= 0.3 is 0 Å². The number of carbonyl (C=O) groups is 1. The summed E-state index contributed by atoms with van der Waals surface area (Å²) in [5, 5.41) is 14.0. The molecule has 1 amide bonds. The van der Waals surface area contributed by atoms with Crippen molar-refractivity contribution in [1.29, 1.82) is 0 Å². The standard InChI is InChI=1S/C16H12Cl2N2O4/c17-10-5-9(15(21)11(18)6-10)7-19-20-16(22)14-8-23-12-3-1-2-4-13(12)24-14/h1-7,14,21H,8H2,(H,20,22)/b19-7+. The van der Waals surface area contributed by atoms with Crippen LogP contribution in [0.1, 0.15) is 5.56 Å². The molecule has 1 unspecified atom stereocenters. The van der Waals surface area contributed by atoms with Crippen molar-refractivity contribution in [1.82, 2.24) is 5.43 Å². The molecule has 1 aliphatic rings. The van der Waals surface area contributed by atoms with Gasteiger partial charge in [0.2, 0.25) is 6.10 Å².